The first kappa shape index (κ1) is 15.8. The molecule has 0 aliphatic carbocycles. The minimum absolute atomic E-state index is 0.209. The molecule has 6 heteroatoms. The molecule has 6 nitrogen and oxygen atoms in total. The number of nitrogens with zero attached hydrogens (tertiary/aromatic N) is 3. The third-order valence-electron chi connectivity index (χ3n) is 3.44. The first-order valence-electron chi connectivity index (χ1n) is 7.52. The van der Waals surface area contributed by atoms with Crippen molar-refractivity contribution < 1.29 is 9.53 Å². The molecule has 1 aliphatic rings. The van der Waals surface area contributed by atoms with Crippen molar-refractivity contribution in [1.82, 2.24) is 20.0 Å². The Bertz CT molecular complexity index is 478. The Kier molecular flexibility index (Phi) is 4.88. The van der Waals surface area contributed by atoms with E-state index < -0.39 is 5.60 Å². The summed E-state index contributed by atoms with van der Waals surface area (Å²) in [5.74, 6) is 0. The molecule has 2 rings (SSSR count). The molecule has 0 radical (unpaired) electrons. The molecule has 21 heavy (non-hydrogen) atoms. The SMILES string of the molecule is Cn1cc(CCNC2CCN(C(=O)OC(C)(C)C)C2)cn1. The predicted molar refractivity (Wildman–Crippen MR) is 81.1 cm³/mol. The van der Waals surface area contributed by atoms with Gasteiger partial charge < -0.3 is 15.0 Å². The van der Waals surface area contributed by atoms with Crippen LogP contribution in [0.3, 0.4) is 0 Å². The molecule has 1 aromatic heterocycles. The molecule has 118 valence electrons. The van der Waals surface area contributed by atoms with Crippen LogP contribution in [0.5, 0.6) is 0 Å². The van der Waals surface area contributed by atoms with E-state index in [-0.39, 0.29) is 6.09 Å². The van der Waals surface area contributed by atoms with Crippen LogP contribution in [-0.4, -0.2) is 52.1 Å². The number of hydrogen-bond donors (Lipinski definition) is 1. The zero-order valence-electron chi connectivity index (χ0n) is 13.4. The largest absolute Gasteiger partial charge is 0.444 e. The van der Waals surface area contributed by atoms with E-state index in [4.69, 9.17) is 4.74 Å². The van der Waals surface area contributed by atoms with Gasteiger partial charge in [-0.1, -0.05) is 0 Å². The molecule has 1 N–H and O–H groups in total. The van der Waals surface area contributed by atoms with Crippen LogP contribution in [0.25, 0.3) is 0 Å². The molecular formula is C15H26N4O2. The molecule has 0 aromatic carbocycles. The van der Waals surface area contributed by atoms with E-state index in [9.17, 15) is 4.79 Å². The number of likely N-dealkylation sites (tertiary alicyclic amines) is 1. The molecule has 2 heterocycles. The van der Waals surface area contributed by atoms with Crippen LogP contribution in [0, 0.1) is 0 Å². The van der Waals surface area contributed by atoms with Gasteiger partial charge in [0, 0.05) is 32.4 Å². The third kappa shape index (κ3) is 5.04. The Morgan fingerprint density at radius 2 is 2.29 bits per heavy atom. The minimum Gasteiger partial charge on any atom is -0.444 e. The van der Waals surface area contributed by atoms with E-state index >= 15 is 0 Å². The van der Waals surface area contributed by atoms with E-state index in [1.165, 1.54) is 5.56 Å². The first-order valence-corrected chi connectivity index (χ1v) is 7.52. The fourth-order valence-corrected chi connectivity index (χ4v) is 2.44. The van der Waals surface area contributed by atoms with E-state index in [2.05, 4.69) is 10.4 Å². The van der Waals surface area contributed by atoms with E-state index in [0.29, 0.717) is 6.04 Å². The maximum absolute atomic E-state index is 12.0. The van der Waals surface area contributed by atoms with Gasteiger partial charge in [0.05, 0.1) is 6.20 Å². The highest BCUT2D eigenvalue weighted by Gasteiger charge is 2.29. The molecule has 1 amide bonds. The normalized spacial score (nSPS) is 19.0. The van der Waals surface area contributed by atoms with E-state index in [1.54, 1.807) is 4.90 Å². The average Bonchev–Trinajstić information content (AvgIpc) is 2.97. The Hall–Kier alpha value is -1.56. The summed E-state index contributed by atoms with van der Waals surface area (Å²) in [4.78, 5) is 13.8. The summed E-state index contributed by atoms with van der Waals surface area (Å²) in [6, 6.07) is 0.356. The number of rotatable bonds is 4. The van der Waals surface area contributed by atoms with Crippen LogP contribution in [-0.2, 0) is 18.2 Å². The number of aromatic nitrogens is 2. The third-order valence-corrected chi connectivity index (χ3v) is 3.44. The number of nitrogens with one attached hydrogen (secondary N) is 1. The summed E-state index contributed by atoms with van der Waals surface area (Å²) in [5.41, 5.74) is 0.801. The molecule has 1 unspecified atom stereocenters. The number of aryl methyl sites for hydroxylation is 1. The summed E-state index contributed by atoms with van der Waals surface area (Å²) in [6.07, 6.45) is 5.65. The summed E-state index contributed by atoms with van der Waals surface area (Å²) in [6.45, 7) is 8.07. The lowest BCUT2D eigenvalue weighted by molar-refractivity contribution is 0.0291. The zero-order valence-corrected chi connectivity index (χ0v) is 13.4. The molecule has 1 atom stereocenters. The van der Waals surface area contributed by atoms with Crippen LogP contribution in [0.2, 0.25) is 0 Å². The standard InChI is InChI=1S/C15H26N4O2/c1-15(2,3)21-14(20)19-8-6-13(11-19)16-7-5-12-9-17-18(4)10-12/h9-10,13,16H,5-8,11H2,1-4H3. The summed E-state index contributed by atoms with van der Waals surface area (Å²) in [5, 5.41) is 7.66. The Morgan fingerprint density at radius 3 is 2.90 bits per heavy atom. The van der Waals surface area contributed by atoms with Crippen molar-refractivity contribution in [2.24, 2.45) is 7.05 Å². The molecule has 1 saturated heterocycles. The van der Waals surface area contributed by atoms with Crippen molar-refractivity contribution >= 4 is 6.09 Å². The molecule has 0 saturated carbocycles. The lowest BCUT2D eigenvalue weighted by Crippen LogP contribution is -2.38. The van der Waals surface area contributed by atoms with Crippen LogP contribution < -0.4 is 5.32 Å². The van der Waals surface area contributed by atoms with Crippen LogP contribution in [0.15, 0.2) is 12.4 Å². The molecule has 0 spiro atoms. The fraction of sp³-hybridized carbons (Fsp3) is 0.733. The highest BCUT2D eigenvalue weighted by Crippen LogP contribution is 2.15. The van der Waals surface area contributed by atoms with Crippen molar-refractivity contribution in [1.29, 1.82) is 0 Å². The van der Waals surface area contributed by atoms with Crippen LogP contribution in [0.4, 0.5) is 4.79 Å². The topological polar surface area (TPSA) is 59.4 Å². The van der Waals surface area contributed by atoms with Crippen molar-refractivity contribution in [2.45, 2.75) is 45.3 Å². The predicted octanol–water partition coefficient (Wildman–Crippen LogP) is 1.56. The fourth-order valence-electron chi connectivity index (χ4n) is 2.44. The molecule has 1 fully saturated rings. The van der Waals surface area contributed by atoms with Gasteiger partial charge in [-0.2, -0.15) is 5.10 Å². The van der Waals surface area contributed by atoms with Gasteiger partial charge in [-0.25, -0.2) is 4.79 Å². The lowest BCUT2D eigenvalue weighted by atomic mass is 10.2. The number of carbonyl (C=O) groups excluding carboxylic acids is 1. The highest BCUT2D eigenvalue weighted by atomic mass is 16.6. The average molecular weight is 294 g/mol. The molecule has 0 bridgehead atoms. The Balaban J connectivity index is 1.69. The maximum atomic E-state index is 12.0. The van der Waals surface area contributed by atoms with Gasteiger partial charge in [-0.05, 0) is 45.7 Å². The molecule has 1 aliphatic heterocycles. The van der Waals surface area contributed by atoms with Crippen molar-refractivity contribution in [3.63, 3.8) is 0 Å². The Morgan fingerprint density at radius 1 is 1.52 bits per heavy atom. The van der Waals surface area contributed by atoms with Crippen LogP contribution >= 0.6 is 0 Å². The summed E-state index contributed by atoms with van der Waals surface area (Å²) >= 11 is 0. The van der Waals surface area contributed by atoms with Gasteiger partial charge in [-0.3, -0.25) is 4.68 Å². The Labute approximate surface area is 126 Å². The minimum atomic E-state index is -0.428. The first-order chi connectivity index (χ1) is 9.83. The van der Waals surface area contributed by atoms with Crippen LogP contribution in [0.1, 0.15) is 32.8 Å². The van der Waals surface area contributed by atoms with E-state index in [0.717, 1.165) is 32.5 Å². The van der Waals surface area contributed by atoms with Crippen molar-refractivity contribution in [3.05, 3.63) is 18.0 Å². The highest BCUT2D eigenvalue weighted by molar-refractivity contribution is 5.68. The zero-order chi connectivity index (χ0) is 15.5. The van der Waals surface area contributed by atoms with Gasteiger partial charge in [0.2, 0.25) is 0 Å². The number of carbonyl (C=O) groups is 1. The molecule has 1 aromatic rings. The summed E-state index contributed by atoms with van der Waals surface area (Å²) in [7, 11) is 1.92. The quantitative estimate of drug-likeness (QED) is 0.915. The second-order valence-corrected chi connectivity index (χ2v) is 6.64. The molecular weight excluding hydrogens is 268 g/mol. The maximum Gasteiger partial charge on any atom is 0.410 e. The van der Waals surface area contributed by atoms with E-state index in [1.807, 2.05) is 44.9 Å². The smallest absolute Gasteiger partial charge is 0.410 e. The number of amides is 1. The second-order valence-electron chi connectivity index (χ2n) is 6.64. The van der Waals surface area contributed by atoms with Gasteiger partial charge in [-0.15, -0.1) is 0 Å². The van der Waals surface area contributed by atoms with Gasteiger partial charge in [0.25, 0.3) is 0 Å². The number of ether oxygens (including phenoxy) is 1. The number of hydrogen-bond acceptors (Lipinski definition) is 4. The van der Waals surface area contributed by atoms with Crippen molar-refractivity contribution in [2.75, 3.05) is 19.6 Å². The van der Waals surface area contributed by atoms with Gasteiger partial charge >= 0.3 is 6.09 Å². The monoisotopic (exact) mass is 294 g/mol. The van der Waals surface area contributed by atoms with Gasteiger partial charge in [0.1, 0.15) is 5.60 Å². The second kappa shape index (κ2) is 6.47. The van der Waals surface area contributed by atoms with Crippen molar-refractivity contribution in [3.8, 4) is 0 Å². The summed E-state index contributed by atoms with van der Waals surface area (Å²) < 4.78 is 7.21. The van der Waals surface area contributed by atoms with Gasteiger partial charge in [0.15, 0.2) is 0 Å². The lowest BCUT2D eigenvalue weighted by Gasteiger charge is -2.24.